The molecule has 2 atom stereocenters. The highest BCUT2D eigenvalue weighted by Gasteiger charge is 2.32. The molecule has 0 saturated carbocycles. The number of amides is 4. The lowest BCUT2D eigenvalue weighted by Gasteiger charge is -2.25. The van der Waals surface area contributed by atoms with Gasteiger partial charge in [-0.3, -0.25) is 19.2 Å². The third-order valence-corrected chi connectivity index (χ3v) is 7.31. The summed E-state index contributed by atoms with van der Waals surface area (Å²) in [6, 6.07) is 7.79. The van der Waals surface area contributed by atoms with E-state index < -0.39 is 6.04 Å². The van der Waals surface area contributed by atoms with Gasteiger partial charge in [-0.1, -0.05) is 13.8 Å². The van der Waals surface area contributed by atoms with Gasteiger partial charge in [0.05, 0.1) is 14.7 Å². The zero-order valence-corrected chi connectivity index (χ0v) is 22.2. The number of carbonyl (C=O) groups excluding carboxylic acids is 4. The van der Waals surface area contributed by atoms with Gasteiger partial charge in [0.2, 0.25) is 11.8 Å². The third kappa shape index (κ3) is 5.85. The first-order valence-electron chi connectivity index (χ1n) is 11.0. The number of anilines is 1. The third-order valence-electron chi connectivity index (χ3n) is 5.68. The van der Waals surface area contributed by atoms with Crippen LogP contribution in [0.1, 0.15) is 45.9 Å². The van der Waals surface area contributed by atoms with Gasteiger partial charge in [0, 0.05) is 38.3 Å². The number of likely N-dealkylation sites (N-methyl/N-ethyl adjacent to an activating group) is 1. The SMILES string of the molecule is Cc1cc(N2CC(NC(=O)c3ccc(Br)s3)CC2=O)ccc1C(=O)N[C@H](C(=O)N(C)C)C(C)C. The number of halogens is 1. The molecule has 182 valence electrons. The van der Waals surface area contributed by atoms with Crippen LogP contribution in [0.4, 0.5) is 5.69 Å². The van der Waals surface area contributed by atoms with Crippen molar-refractivity contribution in [3.8, 4) is 0 Å². The van der Waals surface area contributed by atoms with E-state index in [4.69, 9.17) is 0 Å². The van der Waals surface area contributed by atoms with Crippen LogP contribution in [0.15, 0.2) is 34.1 Å². The number of benzene rings is 1. The second-order valence-electron chi connectivity index (χ2n) is 8.91. The van der Waals surface area contributed by atoms with Crippen molar-refractivity contribution < 1.29 is 19.2 Å². The molecule has 0 spiro atoms. The van der Waals surface area contributed by atoms with Gasteiger partial charge < -0.3 is 20.4 Å². The molecule has 0 bridgehead atoms. The lowest BCUT2D eigenvalue weighted by molar-refractivity contribution is -0.131. The van der Waals surface area contributed by atoms with Crippen LogP contribution in [0.5, 0.6) is 0 Å². The molecule has 2 heterocycles. The average molecular weight is 549 g/mol. The molecule has 34 heavy (non-hydrogen) atoms. The van der Waals surface area contributed by atoms with Crippen molar-refractivity contribution >= 4 is 56.6 Å². The average Bonchev–Trinajstić information content (AvgIpc) is 3.36. The van der Waals surface area contributed by atoms with Gasteiger partial charge in [-0.15, -0.1) is 11.3 Å². The van der Waals surface area contributed by atoms with E-state index in [-0.39, 0.29) is 42.0 Å². The summed E-state index contributed by atoms with van der Waals surface area (Å²) in [6.07, 6.45) is 0.211. The molecule has 1 aromatic carbocycles. The number of nitrogens with one attached hydrogen (secondary N) is 2. The van der Waals surface area contributed by atoms with Crippen molar-refractivity contribution in [3.63, 3.8) is 0 Å². The van der Waals surface area contributed by atoms with Gasteiger partial charge in [0.25, 0.3) is 11.8 Å². The van der Waals surface area contributed by atoms with E-state index in [0.717, 1.165) is 3.79 Å². The van der Waals surface area contributed by atoms with Crippen LogP contribution in [0.25, 0.3) is 0 Å². The van der Waals surface area contributed by atoms with Crippen LogP contribution in [0, 0.1) is 12.8 Å². The summed E-state index contributed by atoms with van der Waals surface area (Å²) in [4.78, 5) is 54.1. The molecule has 3 rings (SSSR count). The van der Waals surface area contributed by atoms with Crippen LogP contribution >= 0.6 is 27.3 Å². The Bertz CT molecular complexity index is 1110. The number of thiophene rings is 1. The van der Waals surface area contributed by atoms with Gasteiger partial charge in [-0.2, -0.15) is 0 Å². The molecule has 1 aliphatic heterocycles. The molecule has 1 unspecified atom stereocenters. The maximum atomic E-state index is 12.9. The number of aryl methyl sites for hydroxylation is 1. The molecule has 1 aliphatic rings. The van der Waals surface area contributed by atoms with Gasteiger partial charge >= 0.3 is 0 Å². The minimum absolute atomic E-state index is 0.0666. The fraction of sp³-hybridized carbons (Fsp3) is 0.417. The summed E-state index contributed by atoms with van der Waals surface area (Å²) in [5.74, 6) is -0.861. The molecule has 1 aromatic heterocycles. The van der Waals surface area contributed by atoms with Crippen molar-refractivity contribution in [1.29, 1.82) is 0 Å². The van der Waals surface area contributed by atoms with Crippen molar-refractivity contribution in [1.82, 2.24) is 15.5 Å². The molecule has 1 fully saturated rings. The first-order valence-corrected chi connectivity index (χ1v) is 12.6. The highest BCUT2D eigenvalue weighted by Crippen LogP contribution is 2.26. The molecule has 0 aliphatic carbocycles. The monoisotopic (exact) mass is 548 g/mol. The Balaban J connectivity index is 1.69. The van der Waals surface area contributed by atoms with E-state index in [1.54, 1.807) is 50.2 Å². The van der Waals surface area contributed by atoms with E-state index in [2.05, 4.69) is 26.6 Å². The van der Waals surface area contributed by atoms with E-state index in [9.17, 15) is 19.2 Å². The molecule has 8 nitrogen and oxygen atoms in total. The van der Waals surface area contributed by atoms with Crippen molar-refractivity contribution in [3.05, 3.63) is 50.1 Å². The van der Waals surface area contributed by atoms with Crippen LogP contribution < -0.4 is 15.5 Å². The van der Waals surface area contributed by atoms with Gasteiger partial charge in [0.15, 0.2) is 0 Å². The normalized spacial score (nSPS) is 16.5. The number of carbonyl (C=O) groups is 4. The molecule has 10 heteroatoms. The zero-order valence-electron chi connectivity index (χ0n) is 19.8. The van der Waals surface area contributed by atoms with E-state index in [1.165, 1.54) is 16.2 Å². The Hall–Kier alpha value is -2.72. The predicted molar refractivity (Wildman–Crippen MR) is 136 cm³/mol. The fourth-order valence-corrected chi connectivity index (χ4v) is 5.12. The lowest BCUT2D eigenvalue weighted by atomic mass is 10.0. The molecular weight excluding hydrogens is 520 g/mol. The molecule has 1 saturated heterocycles. The summed E-state index contributed by atoms with van der Waals surface area (Å²) >= 11 is 4.68. The highest BCUT2D eigenvalue weighted by molar-refractivity contribution is 9.11. The minimum Gasteiger partial charge on any atom is -0.347 e. The Morgan fingerprint density at radius 2 is 1.85 bits per heavy atom. The second-order valence-corrected chi connectivity index (χ2v) is 11.4. The molecule has 2 aromatic rings. The van der Waals surface area contributed by atoms with Crippen LogP contribution in [-0.4, -0.2) is 61.3 Å². The van der Waals surface area contributed by atoms with Crippen LogP contribution in [0.2, 0.25) is 0 Å². The standard InChI is InChI=1S/C24H29BrN4O4S/c1-13(2)21(24(33)28(4)5)27-22(31)17-7-6-16(10-14(17)3)29-12-15(11-20(29)30)26-23(32)18-8-9-19(25)34-18/h6-10,13,15,21H,11-12H2,1-5H3,(H,26,32)(H,27,31)/t15?,21-/m0/s1. The lowest BCUT2D eigenvalue weighted by Crippen LogP contribution is -2.49. The molecule has 2 N–H and O–H groups in total. The largest absolute Gasteiger partial charge is 0.347 e. The number of nitrogens with zero attached hydrogens (tertiary/aromatic N) is 2. The summed E-state index contributed by atoms with van der Waals surface area (Å²) < 4.78 is 0.868. The Morgan fingerprint density at radius 1 is 1.15 bits per heavy atom. The van der Waals surface area contributed by atoms with Crippen LogP contribution in [-0.2, 0) is 9.59 Å². The smallest absolute Gasteiger partial charge is 0.261 e. The summed E-state index contributed by atoms with van der Waals surface area (Å²) in [5, 5.41) is 5.76. The molecule has 4 amide bonds. The van der Waals surface area contributed by atoms with Crippen molar-refractivity contribution in [2.75, 3.05) is 25.5 Å². The van der Waals surface area contributed by atoms with E-state index in [0.29, 0.717) is 28.2 Å². The van der Waals surface area contributed by atoms with Gasteiger partial charge in [0.1, 0.15) is 6.04 Å². The van der Waals surface area contributed by atoms with Crippen LogP contribution in [0.3, 0.4) is 0 Å². The topological polar surface area (TPSA) is 98.8 Å². The minimum atomic E-state index is -0.630. The van der Waals surface area contributed by atoms with Gasteiger partial charge in [-0.25, -0.2) is 0 Å². The Labute approximate surface area is 211 Å². The first kappa shape index (κ1) is 25.9. The maximum absolute atomic E-state index is 12.9. The predicted octanol–water partition coefficient (Wildman–Crippen LogP) is 3.20. The second kappa shape index (κ2) is 10.7. The number of hydrogen-bond donors (Lipinski definition) is 2. The van der Waals surface area contributed by atoms with E-state index >= 15 is 0 Å². The Morgan fingerprint density at radius 3 is 2.41 bits per heavy atom. The fourth-order valence-electron chi connectivity index (χ4n) is 3.83. The van der Waals surface area contributed by atoms with Crippen molar-refractivity contribution in [2.45, 2.75) is 39.3 Å². The van der Waals surface area contributed by atoms with Crippen molar-refractivity contribution in [2.24, 2.45) is 5.92 Å². The summed E-state index contributed by atoms with van der Waals surface area (Å²) in [7, 11) is 3.32. The summed E-state index contributed by atoms with van der Waals surface area (Å²) in [5.41, 5.74) is 1.80. The molecule has 0 radical (unpaired) electrons. The summed E-state index contributed by atoms with van der Waals surface area (Å²) in [6.45, 7) is 5.92. The maximum Gasteiger partial charge on any atom is 0.261 e. The van der Waals surface area contributed by atoms with E-state index in [1.807, 2.05) is 19.9 Å². The highest BCUT2D eigenvalue weighted by atomic mass is 79.9. The quantitative estimate of drug-likeness (QED) is 0.555. The number of rotatable bonds is 7. The zero-order chi connectivity index (χ0) is 25.2. The Kier molecular flexibility index (Phi) is 8.14. The van der Waals surface area contributed by atoms with Gasteiger partial charge in [-0.05, 0) is 64.7 Å². The number of hydrogen-bond acceptors (Lipinski definition) is 5. The molecular formula is C24H29BrN4O4S. The first-order chi connectivity index (χ1) is 16.0.